The van der Waals surface area contributed by atoms with Crippen molar-refractivity contribution in [1.29, 1.82) is 0 Å². The fourth-order valence-electron chi connectivity index (χ4n) is 3.18. The van der Waals surface area contributed by atoms with Crippen LogP contribution in [0.3, 0.4) is 0 Å². The lowest BCUT2D eigenvalue weighted by atomic mass is 9.95. The second kappa shape index (κ2) is 7.37. The Morgan fingerprint density at radius 2 is 2.10 bits per heavy atom. The van der Waals surface area contributed by atoms with Gasteiger partial charge in [0.2, 0.25) is 0 Å². The lowest BCUT2D eigenvalue weighted by molar-refractivity contribution is 0.340. The van der Waals surface area contributed by atoms with Crippen LogP contribution in [0, 0.1) is 5.92 Å². The van der Waals surface area contributed by atoms with Crippen LogP contribution in [-0.4, -0.2) is 20.8 Å². The smallest absolute Gasteiger partial charge is 0.165 e. The standard InChI is InChI=1S/C17H26ClNO2/c1-5-8-19-14-9-11(2)6-7-12-13(18)10-15(20-3)17(21-4)16(12)14/h10-11,14,19H,5-9H2,1-4H3. The first-order valence-corrected chi connectivity index (χ1v) is 8.16. The summed E-state index contributed by atoms with van der Waals surface area (Å²) >= 11 is 6.51. The van der Waals surface area contributed by atoms with Gasteiger partial charge in [-0.3, -0.25) is 0 Å². The highest BCUT2D eigenvalue weighted by Crippen LogP contribution is 2.45. The minimum Gasteiger partial charge on any atom is -0.493 e. The molecule has 2 unspecified atom stereocenters. The third-order valence-corrected chi connectivity index (χ3v) is 4.62. The van der Waals surface area contributed by atoms with Crippen LogP contribution in [0.2, 0.25) is 5.02 Å². The van der Waals surface area contributed by atoms with Crippen LogP contribution in [0.15, 0.2) is 6.07 Å². The number of halogens is 1. The number of methoxy groups -OCH3 is 2. The van der Waals surface area contributed by atoms with Crippen molar-refractivity contribution in [3.8, 4) is 11.5 Å². The number of hydrogen-bond acceptors (Lipinski definition) is 3. The fraction of sp³-hybridized carbons (Fsp3) is 0.647. The molecule has 0 saturated carbocycles. The summed E-state index contributed by atoms with van der Waals surface area (Å²) < 4.78 is 11.1. The molecule has 0 aliphatic heterocycles. The Labute approximate surface area is 133 Å². The average molecular weight is 312 g/mol. The highest BCUT2D eigenvalue weighted by molar-refractivity contribution is 6.31. The minimum absolute atomic E-state index is 0.278. The minimum atomic E-state index is 0.278. The number of rotatable bonds is 5. The van der Waals surface area contributed by atoms with Crippen molar-refractivity contribution in [2.45, 2.75) is 45.6 Å². The van der Waals surface area contributed by atoms with Crippen molar-refractivity contribution in [3.05, 3.63) is 22.2 Å². The van der Waals surface area contributed by atoms with Crippen LogP contribution < -0.4 is 14.8 Å². The molecule has 2 atom stereocenters. The topological polar surface area (TPSA) is 30.5 Å². The summed E-state index contributed by atoms with van der Waals surface area (Å²) in [6, 6.07) is 2.16. The largest absolute Gasteiger partial charge is 0.493 e. The van der Waals surface area contributed by atoms with Crippen molar-refractivity contribution in [1.82, 2.24) is 5.32 Å². The molecule has 0 fully saturated rings. The lowest BCUT2D eigenvalue weighted by Crippen LogP contribution is -2.24. The quantitative estimate of drug-likeness (QED) is 0.819. The van der Waals surface area contributed by atoms with E-state index in [1.54, 1.807) is 14.2 Å². The molecule has 1 aliphatic carbocycles. The van der Waals surface area contributed by atoms with Crippen LogP contribution in [-0.2, 0) is 6.42 Å². The van der Waals surface area contributed by atoms with Crippen molar-refractivity contribution in [2.24, 2.45) is 5.92 Å². The van der Waals surface area contributed by atoms with E-state index in [1.807, 2.05) is 6.07 Å². The zero-order valence-corrected chi connectivity index (χ0v) is 14.2. The Bertz CT molecular complexity index is 490. The summed E-state index contributed by atoms with van der Waals surface area (Å²) in [6.07, 6.45) is 4.37. The molecule has 118 valence electrons. The highest BCUT2D eigenvalue weighted by Gasteiger charge is 2.29. The predicted octanol–water partition coefficient (Wildman–Crippen LogP) is 4.37. The fourth-order valence-corrected chi connectivity index (χ4v) is 3.48. The van der Waals surface area contributed by atoms with E-state index in [0.29, 0.717) is 5.92 Å². The van der Waals surface area contributed by atoms with Crippen molar-refractivity contribution in [3.63, 3.8) is 0 Å². The average Bonchev–Trinajstić information content (AvgIpc) is 2.64. The highest BCUT2D eigenvalue weighted by atomic mass is 35.5. The van der Waals surface area contributed by atoms with Gasteiger partial charge < -0.3 is 14.8 Å². The van der Waals surface area contributed by atoms with E-state index >= 15 is 0 Å². The normalized spacial score (nSPS) is 21.6. The molecule has 0 amide bonds. The van der Waals surface area contributed by atoms with Gasteiger partial charge in [-0.25, -0.2) is 0 Å². The molecule has 2 rings (SSSR count). The third kappa shape index (κ3) is 3.46. The summed E-state index contributed by atoms with van der Waals surface area (Å²) in [5.41, 5.74) is 2.41. The Morgan fingerprint density at radius 1 is 1.33 bits per heavy atom. The van der Waals surface area contributed by atoms with Crippen molar-refractivity contribution < 1.29 is 9.47 Å². The van der Waals surface area contributed by atoms with E-state index in [4.69, 9.17) is 21.1 Å². The van der Waals surface area contributed by atoms with E-state index in [9.17, 15) is 0 Å². The first-order valence-electron chi connectivity index (χ1n) is 7.78. The summed E-state index contributed by atoms with van der Waals surface area (Å²) in [6.45, 7) is 5.49. The van der Waals surface area contributed by atoms with E-state index in [2.05, 4.69) is 19.2 Å². The summed E-state index contributed by atoms with van der Waals surface area (Å²) in [5, 5.41) is 4.45. The summed E-state index contributed by atoms with van der Waals surface area (Å²) in [7, 11) is 3.37. The van der Waals surface area contributed by atoms with E-state index in [1.165, 1.54) is 11.1 Å². The van der Waals surface area contributed by atoms with Gasteiger partial charge in [0, 0.05) is 22.7 Å². The lowest BCUT2D eigenvalue weighted by Gasteiger charge is -2.25. The number of hydrogen-bond donors (Lipinski definition) is 1. The Kier molecular flexibility index (Phi) is 5.77. The molecule has 3 nitrogen and oxygen atoms in total. The van der Waals surface area contributed by atoms with Crippen LogP contribution >= 0.6 is 11.6 Å². The Morgan fingerprint density at radius 3 is 2.71 bits per heavy atom. The van der Waals surface area contributed by atoms with Gasteiger partial charge in [0.05, 0.1) is 14.2 Å². The molecule has 0 spiro atoms. The number of fused-ring (bicyclic) bond motifs is 1. The van der Waals surface area contributed by atoms with Gasteiger partial charge in [-0.05, 0) is 43.7 Å². The van der Waals surface area contributed by atoms with E-state index < -0.39 is 0 Å². The molecule has 21 heavy (non-hydrogen) atoms. The van der Waals surface area contributed by atoms with Gasteiger partial charge in [-0.15, -0.1) is 0 Å². The van der Waals surface area contributed by atoms with Crippen molar-refractivity contribution >= 4 is 11.6 Å². The zero-order valence-electron chi connectivity index (χ0n) is 13.5. The molecular formula is C17H26ClNO2. The molecular weight excluding hydrogens is 286 g/mol. The van der Waals surface area contributed by atoms with Gasteiger partial charge >= 0.3 is 0 Å². The van der Waals surface area contributed by atoms with E-state index in [-0.39, 0.29) is 6.04 Å². The Hall–Kier alpha value is -0.930. The number of ether oxygens (including phenoxy) is 2. The maximum atomic E-state index is 6.51. The molecule has 1 N–H and O–H groups in total. The summed E-state index contributed by atoms with van der Waals surface area (Å²) in [4.78, 5) is 0. The van der Waals surface area contributed by atoms with Gasteiger partial charge in [0.15, 0.2) is 11.5 Å². The molecule has 1 aromatic rings. The molecule has 0 heterocycles. The second-order valence-corrected chi connectivity index (χ2v) is 6.28. The van der Waals surface area contributed by atoms with Crippen LogP contribution in [0.5, 0.6) is 11.5 Å². The van der Waals surface area contributed by atoms with Gasteiger partial charge in [0.25, 0.3) is 0 Å². The monoisotopic (exact) mass is 311 g/mol. The Balaban J connectivity index is 2.54. The predicted molar refractivity (Wildman–Crippen MR) is 87.7 cm³/mol. The molecule has 4 heteroatoms. The van der Waals surface area contributed by atoms with Gasteiger partial charge in [-0.1, -0.05) is 25.4 Å². The van der Waals surface area contributed by atoms with Gasteiger partial charge in [0.1, 0.15) is 0 Å². The molecule has 1 aliphatic rings. The molecule has 0 radical (unpaired) electrons. The SMILES string of the molecule is CCCNC1CC(C)CCc2c(Cl)cc(OC)c(OC)c21. The zero-order chi connectivity index (χ0) is 15.4. The maximum Gasteiger partial charge on any atom is 0.165 e. The van der Waals surface area contributed by atoms with Gasteiger partial charge in [-0.2, -0.15) is 0 Å². The van der Waals surface area contributed by atoms with Crippen molar-refractivity contribution in [2.75, 3.05) is 20.8 Å². The molecule has 1 aromatic carbocycles. The second-order valence-electron chi connectivity index (χ2n) is 5.87. The van der Waals surface area contributed by atoms with Crippen LogP contribution in [0.4, 0.5) is 0 Å². The van der Waals surface area contributed by atoms with E-state index in [0.717, 1.165) is 48.7 Å². The number of benzene rings is 1. The third-order valence-electron chi connectivity index (χ3n) is 4.28. The molecule has 0 saturated heterocycles. The van der Waals surface area contributed by atoms with Crippen LogP contribution in [0.25, 0.3) is 0 Å². The first kappa shape index (κ1) is 16.4. The molecule has 0 bridgehead atoms. The maximum absolute atomic E-state index is 6.51. The van der Waals surface area contributed by atoms with Crippen LogP contribution in [0.1, 0.15) is 50.3 Å². The molecule has 0 aromatic heterocycles. The first-order chi connectivity index (χ1) is 10.1. The summed E-state index contributed by atoms with van der Waals surface area (Å²) in [5.74, 6) is 2.22. The number of nitrogens with one attached hydrogen (secondary N) is 1.